The van der Waals surface area contributed by atoms with E-state index in [2.05, 4.69) is 10.6 Å². The standard InChI is InChI=1S/C13H16F2N2O/c1-16-13(18)12-7-9(4-5-17-12)8-2-3-10(14)11(15)6-8/h2-3,6,9,12,17H,4-5,7H2,1H3,(H,16,18). The Morgan fingerprint density at radius 2 is 2.17 bits per heavy atom. The minimum absolute atomic E-state index is 0.0673. The van der Waals surface area contributed by atoms with Gasteiger partial charge in [0.25, 0.3) is 0 Å². The predicted octanol–water partition coefficient (Wildman–Crippen LogP) is 1.55. The van der Waals surface area contributed by atoms with Crippen LogP contribution in [0.25, 0.3) is 0 Å². The molecule has 0 aliphatic carbocycles. The van der Waals surface area contributed by atoms with Crippen molar-refractivity contribution in [1.29, 1.82) is 0 Å². The first-order chi connectivity index (χ1) is 8.61. The summed E-state index contributed by atoms with van der Waals surface area (Å²) < 4.78 is 26.1. The van der Waals surface area contributed by atoms with E-state index in [0.29, 0.717) is 13.0 Å². The molecule has 18 heavy (non-hydrogen) atoms. The minimum atomic E-state index is -0.837. The molecule has 1 fully saturated rings. The Kier molecular flexibility index (Phi) is 3.91. The van der Waals surface area contributed by atoms with Gasteiger partial charge in [-0.1, -0.05) is 6.07 Å². The lowest BCUT2D eigenvalue weighted by molar-refractivity contribution is -0.123. The molecule has 0 aromatic heterocycles. The number of rotatable bonds is 2. The van der Waals surface area contributed by atoms with E-state index in [-0.39, 0.29) is 17.9 Å². The molecule has 0 bridgehead atoms. The maximum atomic E-state index is 13.2. The summed E-state index contributed by atoms with van der Waals surface area (Å²) in [6, 6.07) is 3.70. The molecule has 1 aliphatic heterocycles. The summed E-state index contributed by atoms with van der Waals surface area (Å²) in [6.45, 7) is 0.696. The van der Waals surface area contributed by atoms with E-state index in [4.69, 9.17) is 0 Å². The molecule has 2 N–H and O–H groups in total. The first-order valence-electron chi connectivity index (χ1n) is 6.01. The molecule has 0 radical (unpaired) electrons. The normalized spacial score (nSPS) is 23.7. The van der Waals surface area contributed by atoms with Crippen molar-refractivity contribution in [2.45, 2.75) is 24.8 Å². The molecular weight excluding hydrogens is 238 g/mol. The third-order valence-corrected chi connectivity index (χ3v) is 3.38. The van der Waals surface area contributed by atoms with Gasteiger partial charge in [0.15, 0.2) is 11.6 Å². The zero-order valence-electron chi connectivity index (χ0n) is 10.2. The molecule has 3 nitrogen and oxygen atoms in total. The lowest BCUT2D eigenvalue weighted by atomic mass is 9.86. The van der Waals surface area contributed by atoms with Gasteiger partial charge >= 0.3 is 0 Å². The summed E-state index contributed by atoms with van der Waals surface area (Å²) in [5, 5.41) is 5.71. The number of piperidine rings is 1. The van der Waals surface area contributed by atoms with Crippen LogP contribution < -0.4 is 10.6 Å². The molecule has 5 heteroatoms. The predicted molar refractivity (Wildman–Crippen MR) is 64.2 cm³/mol. The molecule has 98 valence electrons. The van der Waals surface area contributed by atoms with Crippen LogP contribution in [0.1, 0.15) is 24.3 Å². The van der Waals surface area contributed by atoms with Crippen molar-refractivity contribution >= 4 is 5.91 Å². The molecular formula is C13H16F2N2O. The van der Waals surface area contributed by atoms with Gasteiger partial charge in [-0.15, -0.1) is 0 Å². The van der Waals surface area contributed by atoms with E-state index in [1.54, 1.807) is 13.1 Å². The number of carbonyl (C=O) groups is 1. The molecule has 2 atom stereocenters. The Balaban J connectivity index is 2.13. The van der Waals surface area contributed by atoms with Gasteiger partial charge in [-0.3, -0.25) is 4.79 Å². The second-order valence-corrected chi connectivity index (χ2v) is 4.52. The first kappa shape index (κ1) is 13.0. The second-order valence-electron chi connectivity index (χ2n) is 4.52. The Labute approximate surface area is 105 Å². The van der Waals surface area contributed by atoms with Gasteiger partial charge < -0.3 is 10.6 Å². The lowest BCUT2D eigenvalue weighted by Gasteiger charge is -2.29. The first-order valence-corrected chi connectivity index (χ1v) is 6.01. The Morgan fingerprint density at radius 3 is 2.83 bits per heavy atom. The molecule has 0 spiro atoms. The zero-order chi connectivity index (χ0) is 13.1. The summed E-state index contributed by atoms with van der Waals surface area (Å²) in [4.78, 5) is 11.6. The van der Waals surface area contributed by atoms with Gasteiger partial charge in [-0.2, -0.15) is 0 Å². The van der Waals surface area contributed by atoms with Crippen molar-refractivity contribution in [3.05, 3.63) is 35.4 Å². The summed E-state index contributed by atoms with van der Waals surface area (Å²) >= 11 is 0. The van der Waals surface area contributed by atoms with Crippen molar-refractivity contribution in [3.63, 3.8) is 0 Å². The Bertz CT molecular complexity index is 451. The lowest BCUT2D eigenvalue weighted by Crippen LogP contribution is -2.47. The second kappa shape index (κ2) is 5.44. The molecule has 1 aromatic carbocycles. The minimum Gasteiger partial charge on any atom is -0.358 e. The van der Waals surface area contributed by atoms with Crippen LogP contribution in [0.4, 0.5) is 8.78 Å². The van der Waals surface area contributed by atoms with E-state index >= 15 is 0 Å². The number of nitrogens with one attached hydrogen (secondary N) is 2. The number of benzene rings is 1. The molecule has 0 saturated carbocycles. The van der Waals surface area contributed by atoms with Gasteiger partial charge in [-0.05, 0) is 43.0 Å². The van der Waals surface area contributed by atoms with Crippen molar-refractivity contribution in [2.24, 2.45) is 0 Å². The highest BCUT2D eigenvalue weighted by Gasteiger charge is 2.27. The summed E-state index contributed by atoms with van der Waals surface area (Å²) in [6.07, 6.45) is 1.42. The smallest absolute Gasteiger partial charge is 0.236 e. The number of likely N-dealkylation sites (N-methyl/N-ethyl adjacent to an activating group) is 1. The average molecular weight is 254 g/mol. The highest BCUT2D eigenvalue weighted by Crippen LogP contribution is 2.28. The maximum absolute atomic E-state index is 13.2. The fraction of sp³-hybridized carbons (Fsp3) is 0.462. The van der Waals surface area contributed by atoms with Crippen LogP contribution in [0.15, 0.2) is 18.2 Å². The number of carbonyl (C=O) groups excluding carboxylic acids is 1. The zero-order valence-corrected chi connectivity index (χ0v) is 10.2. The van der Waals surface area contributed by atoms with Gasteiger partial charge in [0, 0.05) is 7.05 Å². The molecule has 2 unspecified atom stereocenters. The average Bonchev–Trinajstić information content (AvgIpc) is 2.41. The molecule has 1 saturated heterocycles. The third-order valence-electron chi connectivity index (χ3n) is 3.38. The van der Waals surface area contributed by atoms with Gasteiger partial charge in [0.05, 0.1) is 6.04 Å². The quantitative estimate of drug-likeness (QED) is 0.840. The van der Waals surface area contributed by atoms with E-state index in [1.807, 2.05) is 0 Å². The monoisotopic (exact) mass is 254 g/mol. The highest BCUT2D eigenvalue weighted by atomic mass is 19.2. The van der Waals surface area contributed by atoms with Crippen molar-refractivity contribution in [1.82, 2.24) is 10.6 Å². The van der Waals surface area contributed by atoms with Crippen molar-refractivity contribution < 1.29 is 13.6 Å². The Morgan fingerprint density at radius 1 is 1.39 bits per heavy atom. The topological polar surface area (TPSA) is 41.1 Å². The van der Waals surface area contributed by atoms with Crippen LogP contribution in [0.3, 0.4) is 0 Å². The van der Waals surface area contributed by atoms with Crippen molar-refractivity contribution in [3.8, 4) is 0 Å². The fourth-order valence-corrected chi connectivity index (χ4v) is 2.36. The number of hydrogen-bond donors (Lipinski definition) is 2. The van der Waals surface area contributed by atoms with E-state index in [1.165, 1.54) is 6.07 Å². The van der Waals surface area contributed by atoms with Crippen LogP contribution in [0, 0.1) is 11.6 Å². The van der Waals surface area contributed by atoms with Gasteiger partial charge in [-0.25, -0.2) is 8.78 Å². The van der Waals surface area contributed by atoms with E-state index in [9.17, 15) is 13.6 Å². The number of hydrogen-bond acceptors (Lipinski definition) is 2. The molecule has 2 rings (SSSR count). The van der Waals surface area contributed by atoms with E-state index in [0.717, 1.165) is 18.1 Å². The maximum Gasteiger partial charge on any atom is 0.236 e. The number of amides is 1. The summed E-state index contributed by atoms with van der Waals surface area (Å²) in [5.41, 5.74) is 0.754. The SMILES string of the molecule is CNC(=O)C1CC(c2ccc(F)c(F)c2)CCN1. The largest absolute Gasteiger partial charge is 0.358 e. The van der Waals surface area contributed by atoms with Crippen LogP contribution in [-0.4, -0.2) is 25.5 Å². The molecule has 1 aromatic rings. The third kappa shape index (κ3) is 2.67. The molecule has 1 aliphatic rings. The summed E-state index contributed by atoms with van der Waals surface area (Å²) in [7, 11) is 1.59. The van der Waals surface area contributed by atoms with Crippen LogP contribution in [0.2, 0.25) is 0 Å². The highest BCUT2D eigenvalue weighted by molar-refractivity contribution is 5.81. The fourth-order valence-electron chi connectivity index (χ4n) is 2.36. The van der Waals surface area contributed by atoms with Crippen LogP contribution in [0.5, 0.6) is 0 Å². The van der Waals surface area contributed by atoms with Gasteiger partial charge in [0.1, 0.15) is 0 Å². The van der Waals surface area contributed by atoms with Crippen LogP contribution >= 0.6 is 0 Å². The van der Waals surface area contributed by atoms with Crippen molar-refractivity contribution in [2.75, 3.05) is 13.6 Å². The van der Waals surface area contributed by atoms with E-state index < -0.39 is 11.6 Å². The summed E-state index contributed by atoms with van der Waals surface area (Å²) in [5.74, 6) is -1.65. The van der Waals surface area contributed by atoms with Crippen LogP contribution in [-0.2, 0) is 4.79 Å². The molecule has 1 amide bonds. The Hall–Kier alpha value is -1.49. The molecule has 1 heterocycles. The number of halogens is 2. The van der Waals surface area contributed by atoms with Gasteiger partial charge in [0.2, 0.25) is 5.91 Å².